The van der Waals surface area contributed by atoms with Crippen LogP contribution in [0, 0.1) is 5.82 Å². The number of hydrogen-bond donors (Lipinski definition) is 2. The molecule has 2 N–H and O–H groups in total. The van der Waals surface area contributed by atoms with E-state index >= 15 is 0 Å². The van der Waals surface area contributed by atoms with Crippen LogP contribution in [0.3, 0.4) is 0 Å². The largest absolute Gasteiger partial charge is 0.351 e. The fraction of sp³-hybridized carbons (Fsp3) is 0.118. The van der Waals surface area contributed by atoms with Crippen molar-refractivity contribution in [2.75, 3.05) is 17.0 Å². The van der Waals surface area contributed by atoms with Gasteiger partial charge in [0.05, 0.1) is 11.3 Å². The number of amides is 1. The summed E-state index contributed by atoms with van der Waals surface area (Å²) in [6.07, 6.45) is 4.42. The van der Waals surface area contributed by atoms with E-state index in [0.29, 0.717) is 10.8 Å². The van der Waals surface area contributed by atoms with Crippen LogP contribution in [0.2, 0.25) is 0 Å². The maximum atomic E-state index is 13.7. The topological polar surface area (TPSA) is 101 Å². The Balaban J connectivity index is 1.66. The van der Waals surface area contributed by atoms with Crippen LogP contribution in [0.15, 0.2) is 55.0 Å². The summed E-state index contributed by atoms with van der Waals surface area (Å²) in [6.45, 7) is -0.140. The average Bonchev–Trinajstić information content (AvgIpc) is 2.61. The second-order valence-corrected chi connectivity index (χ2v) is 7.28. The first-order valence-corrected chi connectivity index (χ1v) is 9.33. The zero-order valence-electron chi connectivity index (χ0n) is 13.5. The molecule has 0 unspecified atom stereocenters. The molecule has 26 heavy (non-hydrogen) atoms. The summed E-state index contributed by atoms with van der Waals surface area (Å²) in [6, 6.07) is 8.82. The number of pyridine rings is 2. The summed E-state index contributed by atoms with van der Waals surface area (Å²) < 4.78 is 40.0. The number of sulfonamides is 1. The standard InChI is InChI=1S/C17H15FN4O3S/c18-13-9-12-4-6-19-11-15(12)14(10-13)17(23)21-7-8-26(24,25)22-16-3-1-2-5-20-16/h1-6,9-11H,7-8H2,(H,20,22)(H,21,23). The second-order valence-electron chi connectivity index (χ2n) is 5.44. The van der Waals surface area contributed by atoms with Crippen LogP contribution >= 0.6 is 0 Å². The molecule has 0 atom stereocenters. The van der Waals surface area contributed by atoms with Gasteiger partial charge >= 0.3 is 0 Å². The van der Waals surface area contributed by atoms with Gasteiger partial charge in [0, 0.05) is 30.5 Å². The number of fused-ring (bicyclic) bond motifs is 1. The second kappa shape index (κ2) is 7.44. The molecule has 134 valence electrons. The van der Waals surface area contributed by atoms with E-state index in [4.69, 9.17) is 0 Å². The van der Waals surface area contributed by atoms with E-state index in [1.165, 1.54) is 30.7 Å². The molecule has 0 fully saturated rings. The van der Waals surface area contributed by atoms with Gasteiger partial charge in [-0.15, -0.1) is 0 Å². The minimum absolute atomic E-state index is 0.100. The highest BCUT2D eigenvalue weighted by atomic mass is 32.2. The van der Waals surface area contributed by atoms with Crippen molar-refractivity contribution in [3.05, 3.63) is 66.4 Å². The normalized spacial score (nSPS) is 11.3. The van der Waals surface area contributed by atoms with Crippen LogP contribution in [-0.4, -0.2) is 36.6 Å². The third-order valence-electron chi connectivity index (χ3n) is 3.55. The minimum atomic E-state index is -3.68. The van der Waals surface area contributed by atoms with Crippen molar-refractivity contribution in [1.29, 1.82) is 0 Å². The summed E-state index contributed by atoms with van der Waals surface area (Å²) in [4.78, 5) is 20.1. The van der Waals surface area contributed by atoms with Crippen LogP contribution < -0.4 is 10.0 Å². The van der Waals surface area contributed by atoms with Crippen molar-refractivity contribution in [2.24, 2.45) is 0 Å². The lowest BCUT2D eigenvalue weighted by Crippen LogP contribution is -2.31. The Kier molecular flexibility index (Phi) is 5.08. The van der Waals surface area contributed by atoms with E-state index in [9.17, 15) is 17.6 Å². The number of hydrogen-bond acceptors (Lipinski definition) is 5. The number of benzene rings is 1. The van der Waals surface area contributed by atoms with Gasteiger partial charge in [-0.3, -0.25) is 14.5 Å². The zero-order chi connectivity index (χ0) is 18.6. The molecular weight excluding hydrogens is 359 g/mol. The number of halogens is 1. The summed E-state index contributed by atoms with van der Waals surface area (Å²) >= 11 is 0. The molecule has 2 heterocycles. The predicted molar refractivity (Wildman–Crippen MR) is 95.7 cm³/mol. The molecule has 0 spiro atoms. The SMILES string of the molecule is O=C(NCCS(=O)(=O)Nc1ccccn1)c1cc(F)cc2ccncc12. The summed E-state index contributed by atoms with van der Waals surface area (Å²) in [5.41, 5.74) is 0.100. The third-order valence-corrected chi connectivity index (χ3v) is 4.81. The lowest BCUT2D eigenvalue weighted by atomic mass is 10.1. The van der Waals surface area contributed by atoms with Gasteiger partial charge < -0.3 is 5.32 Å². The number of aromatic nitrogens is 2. The summed E-state index contributed by atoms with van der Waals surface area (Å²) in [5.74, 6) is -1.28. The third kappa shape index (κ3) is 4.31. The van der Waals surface area contributed by atoms with E-state index < -0.39 is 21.7 Å². The minimum Gasteiger partial charge on any atom is -0.351 e. The van der Waals surface area contributed by atoms with Gasteiger partial charge in [0.25, 0.3) is 5.91 Å². The first-order valence-electron chi connectivity index (χ1n) is 7.68. The van der Waals surface area contributed by atoms with Gasteiger partial charge in [0.2, 0.25) is 10.0 Å². The molecule has 0 saturated carbocycles. The van der Waals surface area contributed by atoms with Crippen LogP contribution in [0.1, 0.15) is 10.4 Å². The lowest BCUT2D eigenvalue weighted by Gasteiger charge is -2.10. The van der Waals surface area contributed by atoms with Crippen LogP contribution in [0.5, 0.6) is 0 Å². The molecule has 0 bridgehead atoms. The molecule has 7 nitrogen and oxygen atoms in total. The first-order chi connectivity index (χ1) is 12.4. The highest BCUT2D eigenvalue weighted by molar-refractivity contribution is 7.92. The molecule has 1 amide bonds. The van der Waals surface area contributed by atoms with Gasteiger partial charge in [-0.05, 0) is 35.7 Å². The smallest absolute Gasteiger partial charge is 0.252 e. The number of nitrogens with zero attached hydrogens (tertiary/aromatic N) is 2. The quantitative estimate of drug-likeness (QED) is 0.687. The van der Waals surface area contributed by atoms with Gasteiger partial charge in [0.1, 0.15) is 11.6 Å². The Morgan fingerprint density at radius 2 is 2.00 bits per heavy atom. The number of anilines is 1. The molecule has 0 aliphatic heterocycles. The molecule has 0 saturated heterocycles. The van der Waals surface area contributed by atoms with E-state index in [1.54, 1.807) is 18.2 Å². The van der Waals surface area contributed by atoms with Crippen molar-refractivity contribution in [2.45, 2.75) is 0 Å². The highest BCUT2D eigenvalue weighted by Gasteiger charge is 2.15. The monoisotopic (exact) mass is 374 g/mol. The van der Waals surface area contributed by atoms with Crippen LogP contribution in [-0.2, 0) is 10.0 Å². The van der Waals surface area contributed by atoms with E-state index in [1.807, 2.05) is 0 Å². The molecule has 0 aliphatic rings. The Bertz CT molecular complexity index is 1040. The zero-order valence-corrected chi connectivity index (χ0v) is 14.3. The fourth-order valence-electron chi connectivity index (χ4n) is 2.38. The van der Waals surface area contributed by atoms with Crippen LogP contribution in [0.4, 0.5) is 10.2 Å². The lowest BCUT2D eigenvalue weighted by molar-refractivity contribution is 0.0957. The van der Waals surface area contributed by atoms with Gasteiger partial charge in [-0.2, -0.15) is 0 Å². The van der Waals surface area contributed by atoms with Gasteiger partial charge in [-0.25, -0.2) is 17.8 Å². The fourth-order valence-corrected chi connectivity index (χ4v) is 3.29. The number of nitrogens with one attached hydrogen (secondary N) is 2. The number of carbonyl (C=O) groups is 1. The first kappa shape index (κ1) is 17.7. The highest BCUT2D eigenvalue weighted by Crippen LogP contribution is 2.19. The molecule has 9 heteroatoms. The predicted octanol–water partition coefficient (Wildman–Crippen LogP) is 1.94. The van der Waals surface area contributed by atoms with Crippen molar-refractivity contribution in [3.8, 4) is 0 Å². The summed E-state index contributed by atoms with van der Waals surface area (Å²) in [7, 11) is -3.68. The molecule has 3 rings (SSSR count). The molecule has 0 radical (unpaired) electrons. The van der Waals surface area contributed by atoms with Gasteiger partial charge in [0.15, 0.2) is 0 Å². The van der Waals surface area contributed by atoms with Gasteiger partial charge in [-0.1, -0.05) is 6.07 Å². The van der Waals surface area contributed by atoms with E-state index in [-0.39, 0.29) is 23.7 Å². The maximum Gasteiger partial charge on any atom is 0.252 e. The number of carbonyl (C=O) groups excluding carboxylic acids is 1. The van der Waals surface area contributed by atoms with Crippen LogP contribution in [0.25, 0.3) is 10.8 Å². The molecule has 0 aliphatic carbocycles. The molecule has 3 aromatic rings. The summed E-state index contributed by atoms with van der Waals surface area (Å²) in [5, 5.41) is 3.51. The molecular formula is C17H15FN4O3S. The number of rotatable bonds is 6. The van der Waals surface area contributed by atoms with Crippen molar-refractivity contribution < 1.29 is 17.6 Å². The average molecular weight is 374 g/mol. The Morgan fingerprint density at radius 3 is 2.77 bits per heavy atom. The maximum absolute atomic E-state index is 13.7. The molecule has 1 aromatic carbocycles. The van der Waals surface area contributed by atoms with E-state index in [2.05, 4.69) is 20.0 Å². The Labute approximate surface area is 149 Å². The van der Waals surface area contributed by atoms with Crippen molar-refractivity contribution in [1.82, 2.24) is 15.3 Å². The van der Waals surface area contributed by atoms with Crippen molar-refractivity contribution in [3.63, 3.8) is 0 Å². The van der Waals surface area contributed by atoms with E-state index in [0.717, 1.165) is 6.07 Å². The Hall–Kier alpha value is -3.07. The van der Waals surface area contributed by atoms with Crippen molar-refractivity contribution >= 4 is 32.5 Å². The Morgan fingerprint density at radius 1 is 1.15 bits per heavy atom. The molecule has 2 aromatic heterocycles.